The minimum Gasteiger partial charge on any atom is -0.393 e. The van der Waals surface area contributed by atoms with Crippen molar-refractivity contribution in [1.82, 2.24) is 25.1 Å². The van der Waals surface area contributed by atoms with E-state index in [1.54, 1.807) is 0 Å². The first kappa shape index (κ1) is 22.9. The van der Waals surface area contributed by atoms with E-state index < -0.39 is 0 Å². The largest absolute Gasteiger partial charge is 0.393 e. The monoisotopic (exact) mass is 483 g/mol. The van der Waals surface area contributed by atoms with Crippen molar-refractivity contribution < 1.29 is 5.11 Å². The fraction of sp³-hybridized carbons (Fsp3) is 0.393. The van der Waals surface area contributed by atoms with Gasteiger partial charge in [0.15, 0.2) is 11.5 Å². The van der Waals surface area contributed by atoms with Gasteiger partial charge in [0.2, 0.25) is 5.95 Å². The van der Waals surface area contributed by atoms with Gasteiger partial charge in [0.25, 0.3) is 0 Å². The van der Waals surface area contributed by atoms with E-state index >= 15 is 0 Å². The minimum atomic E-state index is -0.222. The number of rotatable bonds is 5. The summed E-state index contributed by atoms with van der Waals surface area (Å²) in [4.78, 5) is 9.60. The van der Waals surface area contributed by atoms with E-state index in [1.165, 1.54) is 22.3 Å². The molecule has 4 N–H and O–H groups in total. The summed E-state index contributed by atoms with van der Waals surface area (Å²) in [5.41, 5.74) is 7.90. The fourth-order valence-electron chi connectivity index (χ4n) is 5.45. The first-order valence-electron chi connectivity index (χ1n) is 12.9. The Morgan fingerprint density at radius 2 is 1.81 bits per heavy atom. The van der Waals surface area contributed by atoms with Gasteiger partial charge in [-0.3, -0.25) is 0 Å². The highest BCUT2D eigenvalue weighted by Crippen LogP contribution is 2.35. The summed E-state index contributed by atoms with van der Waals surface area (Å²) >= 11 is 0. The van der Waals surface area contributed by atoms with Crippen LogP contribution in [0.5, 0.6) is 0 Å². The molecule has 0 spiro atoms. The molecule has 6 rings (SSSR count). The van der Waals surface area contributed by atoms with Crippen LogP contribution in [0.25, 0.3) is 11.0 Å². The van der Waals surface area contributed by atoms with Gasteiger partial charge < -0.3 is 21.1 Å². The summed E-state index contributed by atoms with van der Waals surface area (Å²) in [6.45, 7) is 6.12. The maximum Gasteiger partial charge on any atom is 0.229 e. The first-order valence-corrected chi connectivity index (χ1v) is 12.9. The Morgan fingerprint density at radius 3 is 2.61 bits per heavy atom. The van der Waals surface area contributed by atoms with E-state index in [9.17, 15) is 5.11 Å². The van der Waals surface area contributed by atoms with Crippen LogP contribution in [0.2, 0.25) is 0 Å². The highest BCUT2D eigenvalue weighted by atomic mass is 16.3. The molecule has 2 aromatic heterocycles. The van der Waals surface area contributed by atoms with E-state index in [4.69, 9.17) is 10.1 Å². The van der Waals surface area contributed by atoms with Crippen molar-refractivity contribution in [3.63, 3.8) is 0 Å². The number of nitrogens with zero attached hydrogens (tertiary/aromatic N) is 4. The van der Waals surface area contributed by atoms with Crippen LogP contribution in [-0.2, 0) is 13.0 Å². The van der Waals surface area contributed by atoms with Crippen molar-refractivity contribution in [2.24, 2.45) is 0 Å². The molecule has 0 bridgehead atoms. The Balaban J connectivity index is 1.37. The molecule has 0 atom stereocenters. The molecule has 186 valence electrons. The Labute approximate surface area is 211 Å². The second kappa shape index (κ2) is 9.52. The lowest BCUT2D eigenvalue weighted by Gasteiger charge is -2.25. The average Bonchev–Trinajstić information content (AvgIpc) is 3.24. The quantitative estimate of drug-likeness (QED) is 0.315. The molecule has 3 heterocycles. The molecule has 1 fully saturated rings. The number of benzene rings is 2. The lowest BCUT2D eigenvalue weighted by atomic mass is 9.93. The topological polar surface area (TPSA) is 99.9 Å². The zero-order valence-corrected chi connectivity index (χ0v) is 20.9. The molecule has 2 aliphatic rings. The number of aromatic nitrogens is 4. The van der Waals surface area contributed by atoms with Crippen molar-refractivity contribution in [1.29, 1.82) is 0 Å². The van der Waals surface area contributed by atoms with Crippen LogP contribution in [0, 0.1) is 13.8 Å². The highest BCUT2D eigenvalue weighted by molar-refractivity contribution is 5.90. The molecule has 0 radical (unpaired) electrons. The molecule has 8 nitrogen and oxygen atoms in total. The zero-order valence-electron chi connectivity index (χ0n) is 20.9. The zero-order chi connectivity index (χ0) is 24.6. The van der Waals surface area contributed by atoms with Gasteiger partial charge in [0.05, 0.1) is 17.5 Å². The number of hydrogen-bond donors (Lipinski definition) is 4. The molecule has 0 unspecified atom stereocenters. The Bertz CT molecular complexity index is 1380. The van der Waals surface area contributed by atoms with Gasteiger partial charge in [-0.1, -0.05) is 24.3 Å². The second-order valence-electron chi connectivity index (χ2n) is 10.1. The molecule has 8 heteroatoms. The number of para-hydroxylation sites is 1. The van der Waals surface area contributed by atoms with Crippen molar-refractivity contribution >= 4 is 34.2 Å². The smallest absolute Gasteiger partial charge is 0.229 e. The van der Waals surface area contributed by atoms with Gasteiger partial charge in [-0.05, 0) is 86.9 Å². The van der Waals surface area contributed by atoms with Gasteiger partial charge in [-0.15, -0.1) is 0 Å². The molecule has 4 aromatic rings. The maximum atomic E-state index is 10.1. The van der Waals surface area contributed by atoms with Gasteiger partial charge in [0.1, 0.15) is 0 Å². The lowest BCUT2D eigenvalue weighted by Crippen LogP contribution is -2.23. The third kappa shape index (κ3) is 4.42. The second-order valence-corrected chi connectivity index (χ2v) is 10.1. The Kier molecular flexibility index (Phi) is 6.07. The SMILES string of the molecule is Cc1cccc(C)c1Nc1nn(C2CCC(O)CC2)c2nc(Nc3ccc4c(c3)CNCC4)ncc12. The summed E-state index contributed by atoms with van der Waals surface area (Å²) in [6, 6.07) is 12.9. The summed E-state index contributed by atoms with van der Waals surface area (Å²) in [7, 11) is 0. The summed E-state index contributed by atoms with van der Waals surface area (Å²) < 4.78 is 2.04. The molecule has 1 aliphatic carbocycles. The predicted molar refractivity (Wildman–Crippen MR) is 143 cm³/mol. The van der Waals surface area contributed by atoms with Gasteiger partial charge >= 0.3 is 0 Å². The molecule has 2 aromatic carbocycles. The van der Waals surface area contributed by atoms with Crippen molar-refractivity contribution in [3.05, 3.63) is 64.8 Å². The third-order valence-electron chi connectivity index (χ3n) is 7.53. The number of aryl methyl sites for hydroxylation is 2. The number of nitrogens with one attached hydrogen (secondary N) is 3. The molecule has 0 amide bonds. The number of aliphatic hydroxyl groups excluding tert-OH is 1. The standard InChI is InChI=1S/C28H33N7O/c1-17-4-3-5-18(2)25(17)32-26-24-16-30-28(31-21-7-6-19-12-13-29-15-20(19)14-21)33-27(24)35(34-26)22-8-10-23(36)11-9-22/h3-7,14,16,22-23,29,36H,8-13,15H2,1-2H3,(H,32,34)(H,30,31,33). The molecule has 1 aliphatic heterocycles. The van der Waals surface area contributed by atoms with E-state index in [-0.39, 0.29) is 12.1 Å². The molecule has 0 saturated heterocycles. The van der Waals surface area contributed by atoms with Crippen molar-refractivity contribution in [2.45, 2.75) is 64.6 Å². The van der Waals surface area contributed by atoms with E-state index in [2.05, 4.69) is 71.2 Å². The first-order chi connectivity index (χ1) is 17.5. The van der Waals surface area contributed by atoms with E-state index in [0.717, 1.165) is 73.4 Å². The van der Waals surface area contributed by atoms with Crippen LogP contribution in [0.15, 0.2) is 42.6 Å². The van der Waals surface area contributed by atoms with Gasteiger partial charge in [0, 0.05) is 24.1 Å². The summed E-state index contributed by atoms with van der Waals surface area (Å²) in [5, 5.41) is 26.4. The molecule has 1 saturated carbocycles. The van der Waals surface area contributed by atoms with Crippen LogP contribution >= 0.6 is 0 Å². The normalized spacial score (nSPS) is 19.8. The van der Waals surface area contributed by atoms with Crippen LogP contribution in [0.4, 0.5) is 23.1 Å². The fourth-order valence-corrected chi connectivity index (χ4v) is 5.45. The van der Waals surface area contributed by atoms with Crippen LogP contribution in [-0.4, -0.2) is 37.5 Å². The molecular weight excluding hydrogens is 450 g/mol. The van der Waals surface area contributed by atoms with Gasteiger partial charge in [-0.25, -0.2) is 9.67 Å². The predicted octanol–water partition coefficient (Wildman–Crippen LogP) is 5.05. The van der Waals surface area contributed by atoms with E-state index in [1.807, 2.05) is 10.9 Å². The third-order valence-corrected chi connectivity index (χ3v) is 7.53. The lowest BCUT2D eigenvalue weighted by molar-refractivity contribution is 0.109. The Hall–Kier alpha value is -3.49. The van der Waals surface area contributed by atoms with Crippen molar-refractivity contribution in [3.8, 4) is 0 Å². The van der Waals surface area contributed by atoms with Crippen LogP contribution in [0.3, 0.4) is 0 Å². The maximum absolute atomic E-state index is 10.1. The highest BCUT2D eigenvalue weighted by Gasteiger charge is 2.25. The molecule has 36 heavy (non-hydrogen) atoms. The summed E-state index contributed by atoms with van der Waals surface area (Å²) in [6.07, 6.45) is 6.03. The number of aliphatic hydroxyl groups is 1. The number of hydrogen-bond acceptors (Lipinski definition) is 7. The van der Waals surface area contributed by atoms with Crippen LogP contribution in [0.1, 0.15) is 54.0 Å². The average molecular weight is 484 g/mol. The van der Waals surface area contributed by atoms with Gasteiger partial charge in [-0.2, -0.15) is 10.1 Å². The molecular formula is C28H33N7O. The van der Waals surface area contributed by atoms with E-state index in [0.29, 0.717) is 5.95 Å². The Morgan fingerprint density at radius 1 is 1.00 bits per heavy atom. The number of anilines is 4. The van der Waals surface area contributed by atoms with Crippen molar-refractivity contribution in [2.75, 3.05) is 17.2 Å². The summed E-state index contributed by atoms with van der Waals surface area (Å²) in [5.74, 6) is 1.32. The minimum absolute atomic E-state index is 0.196. The van der Waals surface area contributed by atoms with Crippen LogP contribution < -0.4 is 16.0 Å². The number of fused-ring (bicyclic) bond motifs is 2.